The molecule has 1 saturated carbocycles. The van der Waals surface area contributed by atoms with Crippen molar-refractivity contribution in [2.24, 2.45) is 5.92 Å². The standard InChI is InChI=1S/C14H28N2/c1-3-4-13-11-16(10-9-15-13)14-7-5-12(2)6-8-14/h12-15H,3-11H2,1-2H3. The molecular weight excluding hydrogens is 196 g/mol. The molecule has 0 amide bonds. The third-order valence-corrected chi connectivity index (χ3v) is 4.43. The summed E-state index contributed by atoms with van der Waals surface area (Å²) in [4.78, 5) is 2.77. The molecule has 16 heavy (non-hydrogen) atoms. The zero-order valence-corrected chi connectivity index (χ0v) is 11.0. The molecule has 1 atom stereocenters. The van der Waals surface area contributed by atoms with Crippen molar-refractivity contribution >= 4 is 0 Å². The number of rotatable bonds is 3. The van der Waals surface area contributed by atoms with Crippen LogP contribution in [0.5, 0.6) is 0 Å². The summed E-state index contributed by atoms with van der Waals surface area (Å²) in [6.07, 6.45) is 8.45. The lowest BCUT2D eigenvalue weighted by Crippen LogP contribution is -2.54. The van der Waals surface area contributed by atoms with Crippen molar-refractivity contribution in [1.82, 2.24) is 10.2 Å². The minimum atomic E-state index is 0.762. The predicted molar refractivity (Wildman–Crippen MR) is 69.7 cm³/mol. The minimum absolute atomic E-state index is 0.762. The van der Waals surface area contributed by atoms with Crippen LogP contribution in [0, 0.1) is 5.92 Å². The molecule has 2 heteroatoms. The maximum Gasteiger partial charge on any atom is 0.0195 e. The van der Waals surface area contributed by atoms with E-state index in [-0.39, 0.29) is 0 Å². The van der Waals surface area contributed by atoms with Crippen molar-refractivity contribution < 1.29 is 0 Å². The van der Waals surface area contributed by atoms with E-state index in [0.29, 0.717) is 0 Å². The van der Waals surface area contributed by atoms with E-state index < -0.39 is 0 Å². The first-order valence-electron chi connectivity index (χ1n) is 7.27. The van der Waals surface area contributed by atoms with Gasteiger partial charge in [-0.15, -0.1) is 0 Å². The predicted octanol–water partition coefficient (Wildman–Crippen LogP) is 2.64. The van der Waals surface area contributed by atoms with E-state index >= 15 is 0 Å². The smallest absolute Gasteiger partial charge is 0.0195 e. The number of nitrogens with one attached hydrogen (secondary N) is 1. The third kappa shape index (κ3) is 3.21. The number of hydrogen-bond donors (Lipinski definition) is 1. The topological polar surface area (TPSA) is 15.3 Å². The Balaban J connectivity index is 1.80. The van der Waals surface area contributed by atoms with Crippen molar-refractivity contribution in [3.05, 3.63) is 0 Å². The summed E-state index contributed by atoms with van der Waals surface area (Å²) in [5.74, 6) is 0.977. The van der Waals surface area contributed by atoms with E-state index in [0.717, 1.165) is 18.0 Å². The van der Waals surface area contributed by atoms with Gasteiger partial charge in [-0.2, -0.15) is 0 Å². The molecular formula is C14H28N2. The van der Waals surface area contributed by atoms with Crippen molar-refractivity contribution in [2.75, 3.05) is 19.6 Å². The highest BCUT2D eigenvalue weighted by Gasteiger charge is 2.27. The number of hydrogen-bond acceptors (Lipinski definition) is 2. The molecule has 1 N–H and O–H groups in total. The van der Waals surface area contributed by atoms with E-state index in [1.807, 2.05) is 0 Å². The molecule has 0 bridgehead atoms. The summed E-state index contributed by atoms with van der Waals surface area (Å²) >= 11 is 0. The van der Waals surface area contributed by atoms with Gasteiger partial charge in [0.15, 0.2) is 0 Å². The van der Waals surface area contributed by atoms with Gasteiger partial charge in [0.2, 0.25) is 0 Å². The van der Waals surface area contributed by atoms with Crippen LogP contribution in [-0.4, -0.2) is 36.6 Å². The molecule has 0 aromatic rings. The van der Waals surface area contributed by atoms with Gasteiger partial charge in [-0.05, 0) is 38.0 Å². The van der Waals surface area contributed by atoms with E-state index in [4.69, 9.17) is 0 Å². The molecule has 1 aliphatic carbocycles. The van der Waals surface area contributed by atoms with Gasteiger partial charge in [0.05, 0.1) is 0 Å². The number of nitrogens with zero attached hydrogens (tertiary/aromatic N) is 1. The fourth-order valence-corrected chi connectivity index (χ4v) is 3.33. The summed E-state index contributed by atoms with van der Waals surface area (Å²) in [7, 11) is 0. The molecule has 0 aromatic carbocycles. The van der Waals surface area contributed by atoms with Crippen LogP contribution >= 0.6 is 0 Å². The molecule has 1 unspecified atom stereocenters. The molecule has 1 heterocycles. The van der Waals surface area contributed by atoms with E-state index in [2.05, 4.69) is 24.1 Å². The highest BCUT2D eigenvalue weighted by molar-refractivity contribution is 4.85. The summed E-state index contributed by atoms with van der Waals surface area (Å²) in [6.45, 7) is 8.49. The lowest BCUT2D eigenvalue weighted by Gasteiger charge is -2.41. The molecule has 1 aliphatic heterocycles. The minimum Gasteiger partial charge on any atom is -0.311 e. The van der Waals surface area contributed by atoms with Gasteiger partial charge in [-0.25, -0.2) is 0 Å². The van der Waals surface area contributed by atoms with Crippen molar-refractivity contribution in [3.8, 4) is 0 Å². The van der Waals surface area contributed by atoms with E-state index in [9.17, 15) is 0 Å². The fourth-order valence-electron chi connectivity index (χ4n) is 3.33. The van der Waals surface area contributed by atoms with Gasteiger partial charge in [-0.3, -0.25) is 4.90 Å². The quantitative estimate of drug-likeness (QED) is 0.793. The van der Waals surface area contributed by atoms with Crippen LogP contribution in [0.2, 0.25) is 0 Å². The molecule has 2 fully saturated rings. The second-order valence-electron chi connectivity index (χ2n) is 5.85. The summed E-state index contributed by atoms with van der Waals surface area (Å²) < 4.78 is 0. The Bertz CT molecular complexity index is 195. The second-order valence-corrected chi connectivity index (χ2v) is 5.85. The Kier molecular flexibility index (Phi) is 4.66. The van der Waals surface area contributed by atoms with Crippen LogP contribution in [0.4, 0.5) is 0 Å². The summed E-state index contributed by atoms with van der Waals surface area (Å²) in [5, 5.41) is 3.66. The maximum absolute atomic E-state index is 3.66. The largest absolute Gasteiger partial charge is 0.311 e. The van der Waals surface area contributed by atoms with Gasteiger partial charge >= 0.3 is 0 Å². The summed E-state index contributed by atoms with van der Waals surface area (Å²) in [6, 6.07) is 1.66. The van der Waals surface area contributed by atoms with Crippen LogP contribution in [0.3, 0.4) is 0 Å². The Morgan fingerprint density at radius 2 is 1.94 bits per heavy atom. The molecule has 1 saturated heterocycles. The first-order chi connectivity index (χ1) is 7.79. The third-order valence-electron chi connectivity index (χ3n) is 4.43. The highest BCUT2D eigenvalue weighted by Crippen LogP contribution is 2.27. The normalized spacial score (nSPS) is 37.5. The van der Waals surface area contributed by atoms with Crippen molar-refractivity contribution in [1.29, 1.82) is 0 Å². The van der Waals surface area contributed by atoms with Gasteiger partial charge in [0, 0.05) is 31.7 Å². The zero-order chi connectivity index (χ0) is 11.4. The molecule has 2 aliphatic rings. The monoisotopic (exact) mass is 224 g/mol. The number of piperazine rings is 1. The fraction of sp³-hybridized carbons (Fsp3) is 1.00. The van der Waals surface area contributed by atoms with Crippen LogP contribution in [0.25, 0.3) is 0 Å². The molecule has 94 valence electrons. The molecule has 0 radical (unpaired) electrons. The Hall–Kier alpha value is -0.0800. The lowest BCUT2D eigenvalue weighted by atomic mass is 9.86. The van der Waals surface area contributed by atoms with Gasteiger partial charge in [-0.1, -0.05) is 20.3 Å². The SMILES string of the molecule is CCCC1CN(C2CCC(C)CC2)CCN1. The van der Waals surface area contributed by atoms with Crippen molar-refractivity contribution in [3.63, 3.8) is 0 Å². The second kappa shape index (κ2) is 6.02. The van der Waals surface area contributed by atoms with E-state index in [1.165, 1.54) is 58.2 Å². The van der Waals surface area contributed by atoms with Crippen LogP contribution in [-0.2, 0) is 0 Å². The Morgan fingerprint density at radius 1 is 1.19 bits per heavy atom. The molecule has 0 aromatic heterocycles. The van der Waals surface area contributed by atoms with Crippen LogP contribution in [0.15, 0.2) is 0 Å². The molecule has 2 nitrogen and oxygen atoms in total. The summed E-state index contributed by atoms with van der Waals surface area (Å²) in [5.41, 5.74) is 0. The first-order valence-corrected chi connectivity index (χ1v) is 7.27. The Morgan fingerprint density at radius 3 is 2.62 bits per heavy atom. The van der Waals surface area contributed by atoms with Gasteiger partial charge in [0.1, 0.15) is 0 Å². The zero-order valence-electron chi connectivity index (χ0n) is 11.0. The van der Waals surface area contributed by atoms with E-state index in [1.54, 1.807) is 0 Å². The maximum atomic E-state index is 3.66. The highest BCUT2D eigenvalue weighted by atomic mass is 15.2. The van der Waals surface area contributed by atoms with Crippen LogP contribution < -0.4 is 5.32 Å². The van der Waals surface area contributed by atoms with Crippen LogP contribution in [0.1, 0.15) is 52.4 Å². The van der Waals surface area contributed by atoms with Crippen molar-refractivity contribution in [2.45, 2.75) is 64.5 Å². The lowest BCUT2D eigenvalue weighted by molar-refractivity contribution is 0.102. The van der Waals surface area contributed by atoms with Gasteiger partial charge in [0.25, 0.3) is 0 Å². The first kappa shape index (κ1) is 12.4. The Labute approximate surface area is 101 Å². The molecule has 2 rings (SSSR count). The average Bonchev–Trinajstić information content (AvgIpc) is 2.31. The molecule has 0 spiro atoms. The average molecular weight is 224 g/mol. The van der Waals surface area contributed by atoms with Gasteiger partial charge < -0.3 is 5.32 Å².